The standard InChI is InChI=1S/C19H29N3O2/c1-3-10-20-18(23)17-7-5-6-16(12-17)13-21-19(24)22(11-4-2)14-15-8-9-15/h5-7,12,15H,3-4,8-11,13-14H2,1-2H3,(H,20,23)(H,21,24). The predicted octanol–water partition coefficient (Wildman–Crippen LogP) is 3.16. The molecule has 24 heavy (non-hydrogen) atoms. The number of rotatable bonds is 9. The Morgan fingerprint density at radius 1 is 1.17 bits per heavy atom. The third-order valence-corrected chi connectivity index (χ3v) is 4.12. The maximum atomic E-state index is 12.4. The minimum Gasteiger partial charge on any atom is -0.352 e. The van der Waals surface area contributed by atoms with Crippen molar-refractivity contribution >= 4 is 11.9 Å². The molecule has 0 aromatic heterocycles. The molecule has 0 atom stereocenters. The van der Waals surface area contributed by atoms with Crippen LogP contribution in [0.2, 0.25) is 0 Å². The average molecular weight is 331 g/mol. The fourth-order valence-electron chi connectivity index (χ4n) is 2.61. The lowest BCUT2D eigenvalue weighted by Crippen LogP contribution is -2.41. The monoisotopic (exact) mass is 331 g/mol. The number of carbonyl (C=O) groups excluding carboxylic acids is 2. The van der Waals surface area contributed by atoms with Crippen molar-refractivity contribution in [2.24, 2.45) is 5.92 Å². The van der Waals surface area contributed by atoms with Crippen LogP contribution in [0.5, 0.6) is 0 Å². The molecule has 0 heterocycles. The first-order valence-electron chi connectivity index (χ1n) is 9.04. The van der Waals surface area contributed by atoms with Crippen LogP contribution >= 0.6 is 0 Å². The summed E-state index contributed by atoms with van der Waals surface area (Å²) in [5.41, 5.74) is 1.58. The molecule has 0 saturated heterocycles. The molecule has 0 unspecified atom stereocenters. The minimum absolute atomic E-state index is 0.00964. The van der Waals surface area contributed by atoms with Crippen molar-refractivity contribution in [1.82, 2.24) is 15.5 Å². The van der Waals surface area contributed by atoms with Crippen molar-refractivity contribution in [3.63, 3.8) is 0 Å². The number of carbonyl (C=O) groups is 2. The number of hydrogen-bond acceptors (Lipinski definition) is 2. The van der Waals surface area contributed by atoms with Crippen molar-refractivity contribution in [3.8, 4) is 0 Å². The molecule has 1 aliphatic carbocycles. The molecule has 1 saturated carbocycles. The molecule has 3 amide bonds. The summed E-state index contributed by atoms with van der Waals surface area (Å²) in [6, 6.07) is 7.42. The van der Waals surface area contributed by atoms with E-state index in [2.05, 4.69) is 17.6 Å². The van der Waals surface area contributed by atoms with Gasteiger partial charge in [0.1, 0.15) is 0 Å². The summed E-state index contributed by atoms with van der Waals surface area (Å²) in [5.74, 6) is 0.624. The Bertz CT molecular complexity index is 555. The van der Waals surface area contributed by atoms with E-state index in [4.69, 9.17) is 0 Å². The van der Waals surface area contributed by atoms with E-state index >= 15 is 0 Å². The maximum absolute atomic E-state index is 12.4. The summed E-state index contributed by atoms with van der Waals surface area (Å²) in [7, 11) is 0. The first kappa shape index (κ1) is 18.3. The number of nitrogens with one attached hydrogen (secondary N) is 2. The van der Waals surface area contributed by atoms with Gasteiger partial charge < -0.3 is 15.5 Å². The second kappa shape index (κ2) is 9.30. The highest BCUT2D eigenvalue weighted by molar-refractivity contribution is 5.94. The van der Waals surface area contributed by atoms with E-state index in [0.29, 0.717) is 24.6 Å². The van der Waals surface area contributed by atoms with Crippen molar-refractivity contribution in [3.05, 3.63) is 35.4 Å². The first-order valence-corrected chi connectivity index (χ1v) is 9.04. The van der Waals surface area contributed by atoms with Crippen molar-refractivity contribution < 1.29 is 9.59 Å². The van der Waals surface area contributed by atoms with E-state index in [1.807, 2.05) is 30.0 Å². The Morgan fingerprint density at radius 3 is 2.62 bits per heavy atom. The van der Waals surface area contributed by atoms with Gasteiger partial charge in [-0.05, 0) is 49.3 Å². The topological polar surface area (TPSA) is 61.4 Å². The van der Waals surface area contributed by atoms with Gasteiger partial charge in [-0.25, -0.2) is 4.79 Å². The van der Waals surface area contributed by atoms with Gasteiger partial charge in [0.2, 0.25) is 0 Å². The van der Waals surface area contributed by atoms with Crippen LogP contribution in [-0.4, -0.2) is 36.5 Å². The van der Waals surface area contributed by atoms with Gasteiger partial charge in [0.05, 0.1) is 0 Å². The molecule has 1 aromatic rings. The number of hydrogen-bond donors (Lipinski definition) is 2. The molecular weight excluding hydrogens is 302 g/mol. The molecule has 5 heteroatoms. The van der Waals surface area contributed by atoms with Gasteiger partial charge in [-0.3, -0.25) is 4.79 Å². The maximum Gasteiger partial charge on any atom is 0.317 e. The Hall–Kier alpha value is -2.04. The zero-order chi connectivity index (χ0) is 17.4. The third kappa shape index (κ3) is 5.87. The van der Waals surface area contributed by atoms with E-state index in [1.54, 1.807) is 6.07 Å². The van der Waals surface area contributed by atoms with E-state index in [-0.39, 0.29) is 11.9 Å². The Balaban J connectivity index is 1.87. The number of benzene rings is 1. The van der Waals surface area contributed by atoms with Gasteiger partial charge in [-0.2, -0.15) is 0 Å². The SMILES string of the molecule is CCCNC(=O)c1cccc(CNC(=O)N(CCC)CC2CC2)c1. The molecule has 0 bridgehead atoms. The molecule has 2 rings (SSSR count). The number of nitrogens with zero attached hydrogens (tertiary/aromatic N) is 1. The second-order valence-electron chi connectivity index (χ2n) is 6.50. The lowest BCUT2D eigenvalue weighted by molar-refractivity contribution is 0.0953. The van der Waals surface area contributed by atoms with E-state index < -0.39 is 0 Å². The van der Waals surface area contributed by atoms with Crippen LogP contribution in [0, 0.1) is 5.92 Å². The Morgan fingerprint density at radius 2 is 1.96 bits per heavy atom. The molecule has 2 N–H and O–H groups in total. The van der Waals surface area contributed by atoms with Gasteiger partial charge >= 0.3 is 6.03 Å². The molecule has 1 fully saturated rings. The largest absolute Gasteiger partial charge is 0.352 e. The molecule has 1 aromatic carbocycles. The lowest BCUT2D eigenvalue weighted by atomic mass is 10.1. The van der Waals surface area contributed by atoms with Crippen LogP contribution in [0.15, 0.2) is 24.3 Å². The van der Waals surface area contributed by atoms with Gasteiger partial charge in [0.25, 0.3) is 5.91 Å². The van der Waals surface area contributed by atoms with Crippen LogP contribution in [-0.2, 0) is 6.54 Å². The van der Waals surface area contributed by atoms with Crippen LogP contribution in [0.25, 0.3) is 0 Å². The average Bonchev–Trinajstić information content (AvgIpc) is 3.41. The number of amides is 3. The fraction of sp³-hybridized carbons (Fsp3) is 0.579. The second-order valence-corrected chi connectivity index (χ2v) is 6.50. The normalized spacial score (nSPS) is 13.4. The van der Waals surface area contributed by atoms with Crippen LogP contribution in [0.3, 0.4) is 0 Å². The van der Waals surface area contributed by atoms with Crippen LogP contribution in [0.4, 0.5) is 4.79 Å². The predicted molar refractivity (Wildman–Crippen MR) is 95.9 cm³/mol. The summed E-state index contributed by atoms with van der Waals surface area (Å²) >= 11 is 0. The highest BCUT2D eigenvalue weighted by Crippen LogP contribution is 2.29. The van der Waals surface area contributed by atoms with E-state index in [0.717, 1.165) is 31.5 Å². The number of urea groups is 1. The van der Waals surface area contributed by atoms with E-state index in [1.165, 1.54) is 12.8 Å². The van der Waals surface area contributed by atoms with Crippen molar-refractivity contribution in [1.29, 1.82) is 0 Å². The molecule has 0 spiro atoms. The molecule has 1 aliphatic rings. The summed E-state index contributed by atoms with van der Waals surface area (Å²) in [6.07, 6.45) is 4.35. The Labute approximate surface area is 144 Å². The quantitative estimate of drug-likeness (QED) is 0.730. The summed E-state index contributed by atoms with van der Waals surface area (Å²) in [4.78, 5) is 26.3. The van der Waals surface area contributed by atoms with Gasteiger partial charge in [-0.1, -0.05) is 26.0 Å². The molecule has 132 valence electrons. The molecular formula is C19H29N3O2. The highest BCUT2D eigenvalue weighted by atomic mass is 16.2. The third-order valence-electron chi connectivity index (χ3n) is 4.12. The summed E-state index contributed by atoms with van der Waals surface area (Å²) in [5, 5.41) is 5.85. The molecule has 0 radical (unpaired) electrons. The zero-order valence-electron chi connectivity index (χ0n) is 14.8. The van der Waals surface area contributed by atoms with Crippen LogP contribution in [0.1, 0.15) is 55.5 Å². The molecule has 0 aliphatic heterocycles. The first-order chi connectivity index (χ1) is 11.6. The minimum atomic E-state index is -0.0635. The summed E-state index contributed by atoms with van der Waals surface area (Å²) < 4.78 is 0. The highest BCUT2D eigenvalue weighted by Gasteiger charge is 2.26. The van der Waals surface area contributed by atoms with Crippen molar-refractivity contribution in [2.45, 2.75) is 46.1 Å². The smallest absolute Gasteiger partial charge is 0.317 e. The van der Waals surface area contributed by atoms with Gasteiger partial charge in [-0.15, -0.1) is 0 Å². The Kier molecular flexibility index (Phi) is 7.09. The fourth-order valence-corrected chi connectivity index (χ4v) is 2.61. The zero-order valence-corrected chi connectivity index (χ0v) is 14.8. The summed E-state index contributed by atoms with van der Waals surface area (Å²) in [6.45, 7) is 6.88. The lowest BCUT2D eigenvalue weighted by Gasteiger charge is -2.22. The van der Waals surface area contributed by atoms with Crippen LogP contribution < -0.4 is 10.6 Å². The van der Waals surface area contributed by atoms with Gasteiger partial charge in [0.15, 0.2) is 0 Å². The molecule has 5 nitrogen and oxygen atoms in total. The van der Waals surface area contributed by atoms with Crippen molar-refractivity contribution in [2.75, 3.05) is 19.6 Å². The van der Waals surface area contributed by atoms with Gasteiger partial charge in [0, 0.05) is 31.7 Å². The van der Waals surface area contributed by atoms with E-state index in [9.17, 15) is 9.59 Å².